The predicted molar refractivity (Wildman–Crippen MR) is 72.5 cm³/mol. The van der Waals surface area contributed by atoms with E-state index < -0.39 is 40.1 Å². The first-order valence-corrected chi connectivity index (χ1v) is 7.28. The van der Waals surface area contributed by atoms with E-state index >= 15 is 0 Å². The van der Waals surface area contributed by atoms with Gasteiger partial charge < -0.3 is 9.29 Å². The minimum absolute atomic E-state index is 0.0469. The third-order valence-corrected chi connectivity index (χ3v) is 4.19. The molecule has 1 rings (SSSR count). The lowest BCUT2D eigenvalue weighted by molar-refractivity contribution is -0.274. The van der Waals surface area contributed by atoms with Crippen molar-refractivity contribution in [3.05, 3.63) is 29.6 Å². The third kappa shape index (κ3) is 5.72. The second kappa shape index (κ2) is 6.41. The van der Waals surface area contributed by atoms with Gasteiger partial charge in [-0.1, -0.05) is 0 Å². The average molecular weight is 327 g/mol. The van der Waals surface area contributed by atoms with Gasteiger partial charge in [-0.15, -0.1) is 17.9 Å². The van der Waals surface area contributed by atoms with Crippen molar-refractivity contribution in [1.82, 2.24) is 4.72 Å². The molecule has 0 radical (unpaired) electrons. The molecule has 3 nitrogen and oxygen atoms in total. The Hall–Kier alpha value is -0.990. The molecule has 1 aromatic rings. The normalized spacial score (nSPS) is 15.7. The second-order valence-electron chi connectivity index (χ2n) is 5.45. The maximum absolute atomic E-state index is 13.7. The van der Waals surface area contributed by atoms with Crippen molar-refractivity contribution < 1.29 is 26.9 Å². The minimum atomic E-state index is -4.85. The Labute approximate surface area is 124 Å². The summed E-state index contributed by atoms with van der Waals surface area (Å²) < 4.78 is 68.0. The van der Waals surface area contributed by atoms with Gasteiger partial charge >= 0.3 is 6.36 Å². The Kier molecular flexibility index (Phi) is 5.51. The van der Waals surface area contributed by atoms with Crippen LogP contribution in [-0.2, 0) is 11.4 Å². The van der Waals surface area contributed by atoms with Crippen LogP contribution < -0.4 is 9.46 Å². The van der Waals surface area contributed by atoms with Gasteiger partial charge in [-0.25, -0.2) is 4.39 Å². The SMILES string of the molecule is C[C@H](N[S@@+]([O-])C(C)(C)C)c1cc(OC(F)(F)F)ccc1F. The summed E-state index contributed by atoms with van der Waals surface area (Å²) in [5, 5.41) is 0. The quantitative estimate of drug-likeness (QED) is 0.675. The van der Waals surface area contributed by atoms with E-state index in [4.69, 9.17) is 0 Å². The molecule has 0 saturated heterocycles. The van der Waals surface area contributed by atoms with Gasteiger partial charge in [0.2, 0.25) is 0 Å². The van der Waals surface area contributed by atoms with E-state index in [1.165, 1.54) is 6.92 Å². The topological polar surface area (TPSA) is 44.3 Å². The smallest absolute Gasteiger partial charge is 0.573 e. The number of benzene rings is 1. The van der Waals surface area contributed by atoms with Crippen molar-refractivity contribution in [2.24, 2.45) is 0 Å². The molecular weight excluding hydrogens is 310 g/mol. The Morgan fingerprint density at radius 1 is 1.24 bits per heavy atom. The van der Waals surface area contributed by atoms with Crippen molar-refractivity contribution in [2.75, 3.05) is 0 Å². The summed E-state index contributed by atoms with van der Waals surface area (Å²) in [5.41, 5.74) is -0.0469. The van der Waals surface area contributed by atoms with Gasteiger partial charge in [-0.2, -0.15) is 0 Å². The standard InChI is InChI=1S/C13H17F4NO2S/c1-8(18-21(19)12(2,3)4)10-7-9(5-6-11(10)14)20-13(15,16)17/h5-8,18H,1-4H3/t8-,21-/m0/s1. The zero-order valence-electron chi connectivity index (χ0n) is 12.0. The first-order valence-electron chi connectivity index (χ1n) is 6.13. The van der Waals surface area contributed by atoms with Crippen molar-refractivity contribution >= 4 is 11.4 Å². The number of nitrogens with one attached hydrogen (secondary N) is 1. The fourth-order valence-corrected chi connectivity index (χ4v) is 2.25. The van der Waals surface area contributed by atoms with Crippen LogP contribution in [0.1, 0.15) is 39.3 Å². The average Bonchev–Trinajstić information content (AvgIpc) is 2.28. The molecule has 1 N–H and O–H groups in total. The lowest BCUT2D eigenvalue weighted by Crippen LogP contribution is -2.40. The van der Waals surface area contributed by atoms with E-state index in [2.05, 4.69) is 9.46 Å². The Balaban J connectivity index is 2.93. The molecule has 120 valence electrons. The summed E-state index contributed by atoms with van der Waals surface area (Å²) >= 11 is -1.48. The Bertz CT molecular complexity index is 488. The van der Waals surface area contributed by atoms with Gasteiger partial charge in [-0.3, -0.25) is 0 Å². The molecule has 0 aromatic heterocycles. The molecular formula is C13H17F4NO2S. The van der Waals surface area contributed by atoms with Crippen LogP contribution in [0.5, 0.6) is 5.75 Å². The number of hydrogen-bond acceptors (Lipinski definition) is 3. The second-order valence-corrected chi connectivity index (χ2v) is 7.45. The van der Waals surface area contributed by atoms with E-state index in [0.717, 1.165) is 18.2 Å². The molecule has 0 saturated carbocycles. The molecule has 0 amide bonds. The Morgan fingerprint density at radius 2 is 1.81 bits per heavy atom. The van der Waals surface area contributed by atoms with Gasteiger partial charge in [-0.05, 0) is 45.9 Å². The zero-order valence-corrected chi connectivity index (χ0v) is 12.9. The van der Waals surface area contributed by atoms with E-state index in [0.29, 0.717) is 0 Å². The van der Waals surface area contributed by atoms with Gasteiger partial charge in [0, 0.05) is 16.9 Å². The maximum Gasteiger partial charge on any atom is 0.573 e. The number of halogens is 4. The lowest BCUT2D eigenvalue weighted by atomic mass is 10.1. The molecule has 2 atom stereocenters. The minimum Gasteiger partial charge on any atom is -0.598 e. The molecule has 0 unspecified atom stereocenters. The van der Waals surface area contributed by atoms with Crippen LogP contribution >= 0.6 is 0 Å². The molecule has 1 aromatic carbocycles. The summed E-state index contributed by atoms with van der Waals surface area (Å²) in [5.74, 6) is -1.22. The first kappa shape index (κ1) is 18.1. The molecule has 0 heterocycles. The first-order chi connectivity index (χ1) is 9.40. The molecule has 0 aliphatic carbocycles. The van der Waals surface area contributed by atoms with Crippen molar-refractivity contribution in [2.45, 2.75) is 44.8 Å². The highest BCUT2D eigenvalue weighted by atomic mass is 32.2. The number of hydrogen-bond donors (Lipinski definition) is 1. The van der Waals surface area contributed by atoms with Gasteiger partial charge in [0.05, 0.1) is 6.04 Å². The molecule has 21 heavy (non-hydrogen) atoms. The van der Waals surface area contributed by atoms with E-state index in [9.17, 15) is 22.1 Å². The van der Waals surface area contributed by atoms with E-state index in [-0.39, 0.29) is 5.56 Å². The predicted octanol–water partition coefficient (Wildman–Crippen LogP) is 3.84. The zero-order chi connectivity index (χ0) is 16.4. The molecule has 0 aliphatic rings. The fourth-order valence-electron chi connectivity index (χ4n) is 1.45. The van der Waals surface area contributed by atoms with E-state index in [1.807, 2.05) is 0 Å². The van der Waals surface area contributed by atoms with Gasteiger partial charge in [0.25, 0.3) is 0 Å². The molecule has 0 bridgehead atoms. The van der Waals surface area contributed by atoms with Crippen molar-refractivity contribution in [3.63, 3.8) is 0 Å². The van der Waals surface area contributed by atoms with Crippen LogP contribution in [-0.4, -0.2) is 15.7 Å². The monoisotopic (exact) mass is 327 g/mol. The lowest BCUT2D eigenvalue weighted by Gasteiger charge is -2.26. The molecule has 8 heteroatoms. The highest BCUT2D eigenvalue weighted by molar-refractivity contribution is 7.90. The largest absolute Gasteiger partial charge is 0.598 e. The molecule has 0 fully saturated rings. The van der Waals surface area contributed by atoms with Crippen LogP contribution in [0, 0.1) is 5.82 Å². The summed E-state index contributed by atoms with van der Waals surface area (Å²) in [6.45, 7) is 6.69. The molecule has 0 aliphatic heterocycles. The number of ether oxygens (including phenoxy) is 1. The summed E-state index contributed by atoms with van der Waals surface area (Å²) in [7, 11) is 0. The van der Waals surface area contributed by atoms with Gasteiger partial charge in [0.15, 0.2) is 0 Å². The highest BCUT2D eigenvalue weighted by Crippen LogP contribution is 2.28. The number of alkyl halides is 3. The fraction of sp³-hybridized carbons (Fsp3) is 0.538. The maximum atomic E-state index is 13.7. The molecule has 0 spiro atoms. The summed E-state index contributed by atoms with van der Waals surface area (Å²) in [6.07, 6.45) is -4.85. The van der Waals surface area contributed by atoms with Gasteiger partial charge in [0.1, 0.15) is 16.3 Å². The van der Waals surface area contributed by atoms with Crippen molar-refractivity contribution in [3.8, 4) is 5.75 Å². The summed E-state index contributed by atoms with van der Waals surface area (Å²) in [6, 6.07) is 1.98. The Morgan fingerprint density at radius 3 is 2.29 bits per heavy atom. The van der Waals surface area contributed by atoms with Crippen LogP contribution in [0.25, 0.3) is 0 Å². The van der Waals surface area contributed by atoms with Crippen LogP contribution in [0.2, 0.25) is 0 Å². The third-order valence-electron chi connectivity index (χ3n) is 2.51. The van der Waals surface area contributed by atoms with Crippen LogP contribution in [0.3, 0.4) is 0 Å². The van der Waals surface area contributed by atoms with Crippen molar-refractivity contribution in [1.29, 1.82) is 0 Å². The van der Waals surface area contributed by atoms with E-state index in [1.54, 1.807) is 20.8 Å². The summed E-state index contributed by atoms with van der Waals surface area (Å²) in [4.78, 5) is 0. The van der Waals surface area contributed by atoms with Crippen LogP contribution in [0.15, 0.2) is 18.2 Å². The van der Waals surface area contributed by atoms with Crippen LogP contribution in [0.4, 0.5) is 17.6 Å². The number of rotatable bonds is 4. The highest BCUT2D eigenvalue weighted by Gasteiger charge is 2.32.